The molecular formula is C12H24N2O2. The van der Waals surface area contributed by atoms with Gasteiger partial charge in [-0.1, -0.05) is 34.6 Å². The predicted octanol–water partition coefficient (Wildman–Crippen LogP) is 2.43. The SMILES string of the molecule is CC.CC(C)(C)C(=O)[C@@H](N)Cc1ncco1.[HH]. The summed E-state index contributed by atoms with van der Waals surface area (Å²) in [6.45, 7) is 9.56. The van der Waals surface area contributed by atoms with Crippen LogP contribution in [0.2, 0.25) is 0 Å². The number of Topliss-reactive ketones (excluding diaryl/α,β-unsaturated/α-hetero) is 1. The zero-order chi connectivity index (χ0) is 12.8. The number of nitrogens with zero attached hydrogens (tertiary/aromatic N) is 1. The lowest BCUT2D eigenvalue weighted by molar-refractivity contribution is -0.127. The first-order chi connectivity index (χ1) is 7.41. The first kappa shape index (κ1) is 14.8. The van der Waals surface area contributed by atoms with Crippen LogP contribution in [-0.4, -0.2) is 16.8 Å². The summed E-state index contributed by atoms with van der Waals surface area (Å²) in [6.07, 6.45) is 3.39. The van der Waals surface area contributed by atoms with Crippen molar-refractivity contribution in [1.29, 1.82) is 0 Å². The fourth-order valence-corrected chi connectivity index (χ4v) is 1.19. The number of aromatic nitrogens is 1. The molecule has 1 heterocycles. The molecule has 1 aromatic heterocycles. The van der Waals surface area contributed by atoms with E-state index in [0.717, 1.165) is 0 Å². The fourth-order valence-electron chi connectivity index (χ4n) is 1.19. The molecule has 0 saturated heterocycles. The van der Waals surface area contributed by atoms with E-state index < -0.39 is 11.5 Å². The van der Waals surface area contributed by atoms with Crippen LogP contribution in [0.15, 0.2) is 16.9 Å². The van der Waals surface area contributed by atoms with E-state index in [4.69, 9.17) is 10.2 Å². The Morgan fingerprint density at radius 1 is 1.56 bits per heavy atom. The average molecular weight is 228 g/mol. The number of rotatable bonds is 3. The van der Waals surface area contributed by atoms with Gasteiger partial charge in [-0.15, -0.1) is 0 Å². The minimum atomic E-state index is -0.534. The first-order valence-corrected chi connectivity index (χ1v) is 5.59. The second-order valence-electron chi connectivity index (χ2n) is 4.35. The summed E-state index contributed by atoms with van der Waals surface area (Å²) in [5, 5.41) is 0. The van der Waals surface area contributed by atoms with Crippen LogP contribution in [0.4, 0.5) is 0 Å². The Labute approximate surface area is 98.7 Å². The van der Waals surface area contributed by atoms with Crippen LogP contribution in [-0.2, 0) is 11.2 Å². The maximum Gasteiger partial charge on any atom is 0.195 e. The number of nitrogens with two attached hydrogens (primary N) is 1. The van der Waals surface area contributed by atoms with Gasteiger partial charge in [-0.25, -0.2) is 4.98 Å². The van der Waals surface area contributed by atoms with E-state index >= 15 is 0 Å². The molecule has 94 valence electrons. The third kappa shape index (κ3) is 4.57. The van der Waals surface area contributed by atoms with Crippen LogP contribution in [0.5, 0.6) is 0 Å². The minimum absolute atomic E-state index is 0. The van der Waals surface area contributed by atoms with Crippen molar-refractivity contribution in [3.05, 3.63) is 18.4 Å². The third-order valence-electron chi connectivity index (χ3n) is 1.95. The highest BCUT2D eigenvalue weighted by Gasteiger charge is 2.27. The van der Waals surface area contributed by atoms with E-state index in [0.29, 0.717) is 12.3 Å². The summed E-state index contributed by atoms with van der Waals surface area (Å²) in [5.74, 6) is 0.533. The molecule has 0 aliphatic carbocycles. The highest BCUT2D eigenvalue weighted by Crippen LogP contribution is 2.17. The summed E-state index contributed by atoms with van der Waals surface area (Å²) >= 11 is 0. The Hall–Kier alpha value is -1.16. The van der Waals surface area contributed by atoms with Crippen molar-refractivity contribution in [3.63, 3.8) is 0 Å². The van der Waals surface area contributed by atoms with E-state index in [1.807, 2.05) is 34.6 Å². The van der Waals surface area contributed by atoms with Crippen LogP contribution in [0, 0.1) is 5.41 Å². The molecule has 16 heavy (non-hydrogen) atoms. The van der Waals surface area contributed by atoms with Crippen molar-refractivity contribution >= 4 is 5.78 Å². The highest BCUT2D eigenvalue weighted by atomic mass is 16.3. The van der Waals surface area contributed by atoms with Crippen LogP contribution >= 0.6 is 0 Å². The van der Waals surface area contributed by atoms with Gasteiger partial charge >= 0.3 is 0 Å². The largest absolute Gasteiger partial charge is 0.449 e. The van der Waals surface area contributed by atoms with Crippen molar-refractivity contribution in [3.8, 4) is 0 Å². The number of carbonyl (C=O) groups is 1. The zero-order valence-electron chi connectivity index (χ0n) is 10.8. The molecular weight excluding hydrogens is 204 g/mol. The topological polar surface area (TPSA) is 69.1 Å². The molecule has 1 rings (SSSR count). The Balaban J connectivity index is 0. The first-order valence-electron chi connectivity index (χ1n) is 5.59. The van der Waals surface area contributed by atoms with Gasteiger partial charge < -0.3 is 10.2 Å². The van der Waals surface area contributed by atoms with Gasteiger partial charge in [-0.3, -0.25) is 4.79 Å². The lowest BCUT2D eigenvalue weighted by atomic mass is 9.86. The molecule has 0 fully saturated rings. The molecule has 1 atom stereocenters. The number of hydrogen-bond acceptors (Lipinski definition) is 4. The Kier molecular flexibility index (Phi) is 5.96. The van der Waals surface area contributed by atoms with Crippen molar-refractivity contribution in [2.45, 2.75) is 47.1 Å². The normalized spacial score (nSPS) is 12.6. The van der Waals surface area contributed by atoms with E-state index in [-0.39, 0.29) is 7.21 Å². The van der Waals surface area contributed by atoms with E-state index in [1.165, 1.54) is 6.26 Å². The summed E-state index contributed by atoms with van der Waals surface area (Å²) in [7, 11) is 0. The molecule has 0 saturated carbocycles. The summed E-state index contributed by atoms with van der Waals surface area (Å²) < 4.78 is 5.02. The molecule has 0 radical (unpaired) electrons. The number of ketones is 1. The van der Waals surface area contributed by atoms with Gasteiger partial charge in [0.15, 0.2) is 11.7 Å². The molecule has 1 aromatic rings. The maximum absolute atomic E-state index is 11.7. The van der Waals surface area contributed by atoms with Gasteiger partial charge in [-0.2, -0.15) is 0 Å². The fraction of sp³-hybridized carbons (Fsp3) is 0.667. The maximum atomic E-state index is 11.7. The van der Waals surface area contributed by atoms with Crippen LogP contribution in [0.25, 0.3) is 0 Å². The molecule has 0 spiro atoms. The van der Waals surface area contributed by atoms with Gasteiger partial charge in [0.25, 0.3) is 0 Å². The summed E-state index contributed by atoms with van der Waals surface area (Å²) in [4.78, 5) is 15.6. The van der Waals surface area contributed by atoms with Crippen molar-refractivity contribution in [2.75, 3.05) is 0 Å². The number of carbonyl (C=O) groups excluding carboxylic acids is 1. The van der Waals surface area contributed by atoms with Crippen molar-refractivity contribution in [1.82, 2.24) is 4.98 Å². The Bertz CT molecular complexity index is 305. The molecule has 4 heteroatoms. The second kappa shape index (κ2) is 6.43. The van der Waals surface area contributed by atoms with Crippen LogP contribution in [0.1, 0.15) is 41.9 Å². The molecule has 0 unspecified atom stereocenters. The average Bonchev–Trinajstić information content (AvgIpc) is 2.71. The van der Waals surface area contributed by atoms with Crippen molar-refractivity contribution < 1.29 is 10.6 Å². The molecule has 0 aliphatic heterocycles. The standard InChI is InChI=1S/C10H16N2O2.C2H6.H2/c1-10(2,3)9(13)7(11)6-8-12-4-5-14-8;1-2;/h4-5,7H,6,11H2,1-3H3;1-2H3;1H/t7-;;/m0../s1. The van der Waals surface area contributed by atoms with Crippen molar-refractivity contribution in [2.24, 2.45) is 11.1 Å². The van der Waals surface area contributed by atoms with Gasteiger partial charge in [0.05, 0.1) is 12.2 Å². The Morgan fingerprint density at radius 3 is 2.50 bits per heavy atom. The number of hydrogen-bond donors (Lipinski definition) is 1. The smallest absolute Gasteiger partial charge is 0.195 e. The van der Waals surface area contributed by atoms with Gasteiger partial charge in [0, 0.05) is 13.3 Å². The van der Waals surface area contributed by atoms with E-state index in [2.05, 4.69) is 4.98 Å². The molecule has 0 aromatic carbocycles. The molecule has 0 aliphatic rings. The Morgan fingerprint density at radius 2 is 2.12 bits per heavy atom. The highest BCUT2D eigenvalue weighted by molar-refractivity contribution is 5.88. The monoisotopic (exact) mass is 228 g/mol. The van der Waals surface area contributed by atoms with Gasteiger partial charge in [-0.05, 0) is 0 Å². The predicted molar refractivity (Wildman–Crippen MR) is 66.1 cm³/mol. The lowest BCUT2D eigenvalue weighted by Crippen LogP contribution is -2.40. The quantitative estimate of drug-likeness (QED) is 0.862. The summed E-state index contributed by atoms with van der Waals surface area (Å²) in [6, 6.07) is -0.534. The van der Waals surface area contributed by atoms with Crippen LogP contribution in [0.3, 0.4) is 0 Å². The number of oxazole rings is 1. The third-order valence-corrected chi connectivity index (χ3v) is 1.95. The zero-order valence-corrected chi connectivity index (χ0v) is 10.8. The molecule has 0 bridgehead atoms. The van der Waals surface area contributed by atoms with Crippen LogP contribution < -0.4 is 5.73 Å². The summed E-state index contributed by atoms with van der Waals surface area (Å²) in [5.41, 5.74) is 5.33. The molecule has 2 N–H and O–H groups in total. The molecule has 0 amide bonds. The second-order valence-corrected chi connectivity index (χ2v) is 4.35. The lowest BCUT2D eigenvalue weighted by Gasteiger charge is -2.20. The van der Waals surface area contributed by atoms with E-state index in [9.17, 15) is 4.79 Å². The minimum Gasteiger partial charge on any atom is -0.449 e. The van der Waals surface area contributed by atoms with Gasteiger partial charge in [0.2, 0.25) is 0 Å². The van der Waals surface area contributed by atoms with Gasteiger partial charge in [0.1, 0.15) is 6.26 Å². The molecule has 4 nitrogen and oxygen atoms in total. The van der Waals surface area contributed by atoms with E-state index in [1.54, 1.807) is 6.20 Å².